The molecule has 4 heteroatoms. The zero-order valence-corrected chi connectivity index (χ0v) is 20.4. The Hall–Kier alpha value is -0.353. The van der Waals surface area contributed by atoms with Crippen molar-refractivity contribution in [3.63, 3.8) is 0 Å². The summed E-state index contributed by atoms with van der Waals surface area (Å²) in [4.78, 5) is 5.42. The molecule has 1 saturated carbocycles. The van der Waals surface area contributed by atoms with E-state index in [1.807, 2.05) is 0 Å². The van der Waals surface area contributed by atoms with Crippen molar-refractivity contribution in [1.82, 2.24) is 9.80 Å². The Labute approximate surface area is 181 Å². The second-order valence-electron chi connectivity index (χ2n) is 9.89. The average Bonchev–Trinajstić information content (AvgIpc) is 2.68. The average molecular weight is 423 g/mol. The van der Waals surface area contributed by atoms with Crippen LogP contribution >= 0.6 is 12.4 Å². The fraction of sp³-hybridized carbons (Fsp3) is 0.750. The molecule has 0 aromatic heterocycles. The van der Waals surface area contributed by atoms with Gasteiger partial charge in [-0.3, -0.25) is 0 Å². The standard InChI is InChI=1S/C24H42N2Si.ClH/c1-4-5-15-25-16-18-26(19-17-25)21-27(2,3)20-22-11-13-24(14-12-22)23-9-7-6-8-10-23;/h11-14,23H,4-10,15-21H2,1-3H3;1H. The summed E-state index contributed by atoms with van der Waals surface area (Å²) in [5.74, 6) is 0.835. The molecule has 0 atom stereocenters. The Morgan fingerprint density at radius 1 is 0.893 bits per heavy atom. The highest BCUT2D eigenvalue weighted by Crippen LogP contribution is 2.32. The van der Waals surface area contributed by atoms with E-state index in [4.69, 9.17) is 0 Å². The lowest BCUT2D eigenvalue weighted by molar-refractivity contribution is 0.144. The Kier molecular flexibility index (Phi) is 10.0. The van der Waals surface area contributed by atoms with Gasteiger partial charge in [0.1, 0.15) is 0 Å². The molecule has 1 aliphatic carbocycles. The van der Waals surface area contributed by atoms with E-state index in [-0.39, 0.29) is 12.4 Å². The van der Waals surface area contributed by atoms with Crippen molar-refractivity contribution >= 4 is 20.5 Å². The predicted molar refractivity (Wildman–Crippen MR) is 128 cm³/mol. The summed E-state index contributed by atoms with van der Waals surface area (Å²) >= 11 is 0. The van der Waals surface area contributed by atoms with Crippen molar-refractivity contribution in [2.24, 2.45) is 0 Å². The Bertz CT molecular complexity index is 546. The van der Waals surface area contributed by atoms with Gasteiger partial charge in [0.15, 0.2) is 0 Å². The molecule has 1 aliphatic heterocycles. The molecule has 0 spiro atoms. The highest BCUT2D eigenvalue weighted by Gasteiger charge is 2.27. The molecule has 0 amide bonds. The molecule has 28 heavy (non-hydrogen) atoms. The Morgan fingerprint density at radius 3 is 2.11 bits per heavy atom. The van der Waals surface area contributed by atoms with Gasteiger partial charge in [-0.25, -0.2) is 0 Å². The van der Waals surface area contributed by atoms with Gasteiger partial charge in [0.2, 0.25) is 0 Å². The van der Waals surface area contributed by atoms with Gasteiger partial charge in [0, 0.05) is 26.2 Å². The number of nitrogens with zero attached hydrogens (tertiary/aromatic N) is 2. The molecule has 1 heterocycles. The zero-order valence-electron chi connectivity index (χ0n) is 18.6. The van der Waals surface area contributed by atoms with Crippen molar-refractivity contribution in [1.29, 1.82) is 0 Å². The van der Waals surface area contributed by atoms with E-state index in [2.05, 4.69) is 54.1 Å². The largest absolute Gasteiger partial charge is 0.304 e. The molecule has 0 N–H and O–H groups in total. The van der Waals surface area contributed by atoms with Crippen molar-refractivity contribution in [2.45, 2.75) is 76.9 Å². The molecule has 1 aromatic carbocycles. The molecule has 2 aliphatic rings. The van der Waals surface area contributed by atoms with E-state index in [0.717, 1.165) is 5.92 Å². The second-order valence-corrected chi connectivity index (χ2v) is 14.9. The lowest BCUT2D eigenvalue weighted by atomic mass is 9.84. The normalized spacial score (nSPS) is 20.1. The molecule has 2 nitrogen and oxygen atoms in total. The fourth-order valence-electron chi connectivity index (χ4n) is 5.11. The van der Waals surface area contributed by atoms with Gasteiger partial charge >= 0.3 is 0 Å². The van der Waals surface area contributed by atoms with Gasteiger partial charge in [0.25, 0.3) is 0 Å². The first-order valence-corrected chi connectivity index (χ1v) is 15.0. The van der Waals surface area contributed by atoms with Gasteiger partial charge in [0.05, 0.1) is 8.07 Å². The summed E-state index contributed by atoms with van der Waals surface area (Å²) in [5.41, 5.74) is 3.17. The number of piperazine rings is 1. The maximum atomic E-state index is 2.76. The molecule has 0 unspecified atom stereocenters. The van der Waals surface area contributed by atoms with Gasteiger partial charge in [-0.15, -0.1) is 12.4 Å². The maximum absolute atomic E-state index is 2.76. The SMILES string of the molecule is CCCCN1CCN(C[Si](C)(C)Cc2ccc(C3CCCCC3)cc2)CC1.Cl. The number of hydrogen-bond donors (Lipinski definition) is 0. The topological polar surface area (TPSA) is 6.48 Å². The van der Waals surface area contributed by atoms with Gasteiger partial charge in [-0.1, -0.05) is 75.5 Å². The van der Waals surface area contributed by atoms with Gasteiger partial charge < -0.3 is 9.80 Å². The van der Waals surface area contributed by atoms with E-state index in [1.54, 1.807) is 11.1 Å². The Morgan fingerprint density at radius 2 is 1.50 bits per heavy atom. The minimum Gasteiger partial charge on any atom is -0.304 e. The predicted octanol–water partition coefficient (Wildman–Crippen LogP) is 5.90. The van der Waals surface area contributed by atoms with Crippen LogP contribution < -0.4 is 0 Å². The maximum Gasteiger partial charge on any atom is 0.0672 e. The molecule has 2 fully saturated rings. The lowest BCUT2D eigenvalue weighted by Crippen LogP contribution is -2.52. The van der Waals surface area contributed by atoms with Crippen molar-refractivity contribution in [2.75, 3.05) is 38.9 Å². The van der Waals surface area contributed by atoms with E-state index < -0.39 is 8.07 Å². The monoisotopic (exact) mass is 422 g/mol. The van der Waals surface area contributed by atoms with Crippen molar-refractivity contribution < 1.29 is 0 Å². The van der Waals surface area contributed by atoms with Crippen LogP contribution in [0.15, 0.2) is 24.3 Å². The third-order valence-electron chi connectivity index (χ3n) is 6.68. The van der Waals surface area contributed by atoms with E-state index in [9.17, 15) is 0 Å². The fourth-order valence-corrected chi connectivity index (χ4v) is 8.09. The lowest BCUT2D eigenvalue weighted by Gasteiger charge is -2.38. The highest BCUT2D eigenvalue weighted by atomic mass is 35.5. The minimum atomic E-state index is -1.23. The van der Waals surface area contributed by atoms with Crippen LogP contribution in [0.5, 0.6) is 0 Å². The number of unbranched alkanes of at least 4 members (excludes halogenated alkanes) is 1. The van der Waals surface area contributed by atoms with Gasteiger partial charge in [-0.05, 0) is 49.5 Å². The van der Waals surface area contributed by atoms with Crippen LogP contribution in [0.2, 0.25) is 13.1 Å². The molecular formula is C24H43ClN2Si. The van der Waals surface area contributed by atoms with Crippen LogP contribution in [0.1, 0.15) is 68.9 Å². The van der Waals surface area contributed by atoms with Crippen LogP contribution in [-0.2, 0) is 6.04 Å². The molecule has 1 saturated heterocycles. The first kappa shape index (κ1) is 23.9. The van der Waals surface area contributed by atoms with Crippen LogP contribution in [0.4, 0.5) is 0 Å². The molecular weight excluding hydrogens is 380 g/mol. The Balaban J connectivity index is 0.00000280. The number of hydrogen-bond acceptors (Lipinski definition) is 2. The first-order valence-electron chi connectivity index (χ1n) is 11.6. The molecule has 0 bridgehead atoms. The summed E-state index contributed by atoms with van der Waals surface area (Å²) in [6, 6.07) is 11.1. The van der Waals surface area contributed by atoms with E-state index in [0.29, 0.717) is 0 Å². The first-order chi connectivity index (χ1) is 13.1. The number of benzene rings is 1. The molecule has 1 aromatic rings. The summed E-state index contributed by atoms with van der Waals surface area (Å²) in [6.45, 7) is 13.9. The molecule has 0 radical (unpaired) electrons. The van der Waals surface area contributed by atoms with Crippen LogP contribution in [0.25, 0.3) is 0 Å². The van der Waals surface area contributed by atoms with E-state index in [1.165, 1.54) is 89.9 Å². The van der Waals surface area contributed by atoms with E-state index >= 15 is 0 Å². The second kappa shape index (κ2) is 11.7. The number of halogens is 1. The van der Waals surface area contributed by atoms with Crippen LogP contribution in [-0.4, -0.2) is 56.8 Å². The van der Waals surface area contributed by atoms with Crippen molar-refractivity contribution in [3.8, 4) is 0 Å². The van der Waals surface area contributed by atoms with Crippen molar-refractivity contribution in [3.05, 3.63) is 35.4 Å². The minimum absolute atomic E-state index is 0. The summed E-state index contributed by atoms with van der Waals surface area (Å²) in [5, 5.41) is 0. The zero-order chi connectivity index (χ0) is 19.1. The number of rotatable bonds is 8. The summed E-state index contributed by atoms with van der Waals surface area (Å²) in [7, 11) is -1.23. The van der Waals surface area contributed by atoms with Crippen LogP contribution in [0.3, 0.4) is 0 Å². The third-order valence-corrected chi connectivity index (χ3v) is 9.35. The smallest absolute Gasteiger partial charge is 0.0672 e. The third kappa shape index (κ3) is 7.48. The molecule has 3 rings (SSSR count). The highest BCUT2D eigenvalue weighted by molar-refractivity contribution is 6.77. The summed E-state index contributed by atoms with van der Waals surface area (Å²) in [6.07, 6.45) is 11.2. The summed E-state index contributed by atoms with van der Waals surface area (Å²) < 4.78 is 0. The molecule has 160 valence electrons. The van der Waals surface area contributed by atoms with Crippen LogP contribution in [0, 0.1) is 0 Å². The quantitative estimate of drug-likeness (QED) is 0.481. The van der Waals surface area contributed by atoms with Gasteiger partial charge in [-0.2, -0.15) is 0 Å².